The van der Waals surface area contributed by atoms with Gasteiger partial charge in [0.25, 0.3) is 0 Å². The highest BCUT2D eigenvalue weighted by Crippen LogP contribution is 2.39. The van der Waals surface area contributed by atoms with Gasteiger partial charge in [0.2, 0.25) is 5.69 Å². The number of aryl methyl sites for hydroxylation is 2. The molecule has 7 aromatic rings. The summed E-state index contributed by atoms with van der Waals surface area (Å²) in [5.41, 5.74) is 5.18. The fourth-order valence-electron chi connectivity index (χ4n) is 5.90. The second-order valence-electron chi connectivity index (χ2n) is 11.2. The van der Waals surface area contributed by atoms with E-state index in [-0.39, 0.29) is 51.4 Å². The topological polar surface area (TPSA) is 8.81 Å². The average Bonchev–Trinajstić information content (AvgIpc) is 3.41. The molecule has 0 spiro atoms. The van der Waals surface area contributed by atoms with E-state index in [1.54, 1.807) is 4.57 Å². The van der Waals surface area contributed by atoms with E-state index in [2.05, 4.69) is 62.6 Å². The molecule has 0 aliphatic carbocycles. The van der Waals surface area contributed by atoms with Crippen molar-refractivity contribution in [3.05, 3.63) is 120 Å². The molecule has 0 fully saturated rings. The highest BCUT2D eigenvalue weighted by atomic mass is 15.0. The third-order valence-corrected chi connectivity index (χ3v) is 7.79. The molecule has 0 radical (unpaired) electrons. The Kier molecular flexibility index (Phi) is 3.62. The quantitative estimate of drug-likeness (QED) is 0.204. The fraction of sp³-hybridized carbons (Fsp3) is 0.162. The summed E-state index contributed by atoms with van der Waals surface area (Å²) in [6, 6.07) is 15.5. The Balaban J connectivity index is 1.59. The van der Waals surface area contributed by atoms with Crippen LogP contribution in [0, 0.1) is 6.92 Å². The number of nitrogens with zero attached hydrogens (tertiary/aromatic N) is 2. The maximum absolute atomic E-state index is 8.86. The summed E-state index contributed by atoms with van der Waals surface area (Å²) < 4.78 is 72.4. The highest BCUT2D eigenvalue weighted by molar-refractivity contribution is 6.09. The van der Waals surface area contributed by atoms with Gasteiger partial charge in [0, 0.05) is 22.5 Å². The number of hydrogen-bond donors (Lipinski definition) is 0. The van der Waals surface area contributed by atoms with Gasteiger partial charge in [0.1, 0.15) is 7.05 Å². The van der Waals surface area contributed by atoms with Crippen LogP contribution in [0.15, 0.2) is 109 Å². The molecule has 0 bridgehead atoms. The first-order valence-corrected chi connectivity index (χ1v) is 13.1. The van der Waals surface area contributed by atoms with Crippen molar-refractivity contribution < 1.29 is 15.5 Å². The summed E-state index contributed by atoms with van der Waals surface area (Å²) in [5.74, 6) is 0. The average molecular weight is 514 g/mol. The standard InChI is InChI=1S/C37H33N2/c1-24-27-12-6-7-13-29(27)33(37(2,3)4)23-32(24)36-28-19-18-26(22-25(28)20-21-38(36)5)39-34-16-10-8-14-30(34)31-15-9-11-17-35(31)39/h6-23H,1-5H3/q+1/i8D,9D,10D,11D,14D,15D,16D,17D. The molecule has 2 heteroatoms. The number of hydrogen-bond acceptors (Lipinski definition) is 0. The van der Waals surface area contributed by atoms with Crippen LogP contribution in [-0.4, -0.2) is 4.57 Å². The molecule has 0 amide bonds. The molecule has 190 valence electrons. The maximum atomic E-state index is 8.86. The summed E-state index contributed by atoms with van der Waals surface area (Å²) >= 11 is 0. The first-order chi connectivity index (χ1) is 22.1. The molecular formula is C37H33N2+. The zero-order valence-corrected chi connectivity index (χ0v) is 22.7. The van der Waals surface area contributed by atoms with Gasteiger partial charge in [-0.2, -0.15) is 0 Å². The molecule has 2 aromatic heterocycles. The smallest absolute Gasteiger partial charge is 0.220 e. The van der Waals surface area contributed by atoms with Crippen molar-refractivity contribution in [2.24, 2.45) is 7.05 Å². The third-order valence-electron chi connectivity index (χ3n) is 7.79. The van der Waals surface area contributed by atoms with Gasteiger partial charge in [-0.25, -0.2) is 4.57 Å². The second-order valence-corrected chi connectivity index (χ2v) is 11.2. The summed E-state index contributed by atoms with van der Waals surface area (Å²) in [7, 11) is 2.02. The Morgan fingerprint density at radius 2 is 1.36 bits per heavy atom. The molecule has 5 aromatic carbocycles. The van der Waals surface area contributed by atoms with E-state index in [0.29, 0.717) is 5.69 Å². The van der Waals surface area contributed by atoms with Gasteiger partial charge in [-0.1, -0.05) is 81.3 Å². The van der Waals surface area contributed by atoms with Crippen LogP contribution in [0.1, 0.15) is 42.9 Å². The van der Waals surface area contributed by atoms with Gasteiger partial charge < -0.3 is 4.57 Å². The van der Waals surface area contributed by atoms with E-state index in [0.717, 1.165) is 27.6 Å². The lowest BCUT2D eigenvalue weighted by Crippen LogP contribution is -2.31. The molecule has 0 atom stereocenters. The van der Waals surface area contributed by atoms with E-state index in [4.69, 9.17) is 11.0 Å². The Labute approximate surface area is 241 Å². The highest BCUT2D eigenvalue weighted by Gasteiger charge is 2.25. The molecule has 0 unspecified atom stereocenters. The number of fused-ring (bicyclic) bond motifs is 5. The molecule has 2 nitrogen and oxygen atoms in total. The lowest BCUT2D eigenvalue weighted by atomic mass is 9.80. The number of benzene rings is 5. The zero-order chi connectivity index (χ0) is 33.9. The van der Waals surface area contributed by atoms with Crippen LogP contribution < -0.4 is 4.57 Å². The van der Waals surface area contributed by atoms with Crippen molar-refractivity contribution in [3.63, 3.8) is 0 Å². The second kappa shape index (κ2) is 8.54. The Morgan fingerprint density at radius 1 is 0.718 bits per heavy atom. The summed E-state index contributed by atoms with van der Waals surface area (Å²) in [4.78, 5) is 0. The van der Waals surface area contributed by atoms with Crippen molar-refractivity contribution in [3.8, 4) is 16.9 Å². The molecule has 0 saturated carbocycles. The summed E-state index contributed by atoms with van der Waals surface area (Å²) in [5, 5.41) is 4.40. The van der Waals surface area contributed by atoms with Crippen molar-refractivity contribution in [2.45, 2.75) is 33.1 Å². The van der Waals surface area contributed by atoms with Crippen LogP contribution in [0.4, 0.5) is 0 Å². The van der Waals surface area contributed by atoms with E-state index < -0.39 is 24.2 Å². The van der Waals surface area contributed by atoms with Gasteiger partial charge >= 0.3 is 0 Å². The molecule has 7 rings (SSSR count). The molecule has 2 heterocycles. The number of aromatic nitrogens is 2. The lowest BCUT2D eigenvalue weighted by molar-refractivity contribution is -0.659. The van der Waals surface area contributed by atoms with Gasteiger partial charge in [-0.05, 0) is 76.0 Å². The molecule has 0 aliphatic heterocycles. The van der Waals surface area contributed by atoms with Crippen molar-refractivity contribution in [2.75, 3.05) is 0 Å². The third kappa shape index (κ3) is 3.59. The van der Waals surface area contributed by atoms with Gasteiger partial charge in [-0.3, -0.25) is 0 Å². The van der Waals surface area contributed by atoms with E-state index >= 15 is 0 Å². The number of rotatable bonds is 2. The van der Waals surface area contributed by atoms with Crippen LogP contribution in [-0.2, 0) is 12.5 Å². The van der Waals surface area contributed by atoms with Crippen LogP contribution in [0.3, 0.4) is 0 Å². The zero-order valence-electron chi connectivity index (χ0n) is 30.7. The van der Waals surface area contributed by atoms with Crippen LogP contribution in [0.25, 0.3) is 60.3 Å². The van der Waals surface area contributed by atoms with Crippen LogP contribution in [0.2, 0.25) is 0 Å². The normalized spacial score (nSPS) is 15.1. The minimum absolute atomic E-state index is 0.0692. The molecule has 0 saturated heterocycles. The van der Waals surface area contributed by atoms with Gasteiger partial charge in [0.05, 0.1) is 32.9 Å². The molecule has 39 heavy (non-hydrogen) atoms. The minimum atomic E-state index is -0.454. The van der Waals surface area contributed by atoms with E-state index in [9.17, 15) is 0 Å². The largest absolute Gasteiger partial charge is 0.309 e. The number of pyridine rings is 1. The minimum Gasteiger partial charge on any atom is -0.309 e. The van der Waals surface area contributed by atoms with Crippen molar-refractivity contribution in [1.29, 1.82) is 0 Å². The molecular weight excluding hydrogens is 472 g/mol. The molecule has 0 N–H and O–H groups in total. The fourth-order valence-corrected chi connectivity index (χ4v) is 5.90. The Hall–Kier alpha value is -4.43. The summed E-state index contributed by atoms with van der Waals surface area (Å²) in [6.45, 7) is 8.81. The van der Waals surface area contributed by atoms with Crippen molar-refractivity contribution in [1.82, 2.24) is 4.57 Å². The Bertz CT molecular complexity index is 2430. The SMILES string of the molecule is [2H]c1c([2H])c([2H])c2c(c1[2H])c1c([2H])c([2H])c([2H])c([2H])c1n2-c1ccc2c(-c3cc(C(C)(C)C)c4ccccc4c3C)[n+](C)ccc2c1. The maximum Gasteiger partial charge on any atom is 0.220 e. The van der Waals surface area contributed by atoms with Crippen LogP contribution >= 0.6 is 0 Å². The van der Waals surface area contributed by atoms with E-state index in [1.165, 1.54) is 16.3 Å². The molecule has 0 aliphatic rings. The van der Waals surface area contributed by atoms with E-state index in [1.807, 2.05) is 37.5 Å². The number of para-hydroxylation sites is 2. The first-order valence-electron chi connectivity index (χ1n) is 17.1. The van der Waals surface area contributed by atoms with Crippen LogP contribution in [0.5, 0.6) is 0 Å². The van der Waals surface area contributed by atoms with Gasteiger partial charge in [-0.15, -0.1) is 0 Å². The first kappa shape index (κ1) is 16.5. The predicted molar refractivity (Wildman–Crippen MR) is 166 cm³/mol. The monoisotopic (exact) mass is 513 g/mol. The van der Waals surface area contributed by atoms with Crippen molar-refractivity contribution >= 4 is 43.4 Å². The lowest BCUT2D eigenvalue weighted by Gasteiger charge is -2.24. The van der Waals surface area contributed by atoms with Gasteiger partial charge in [0.15, 0.2) is 6.20 Å². The predicted octanol–water partition coefficient (Wildman–Crippen LogP) is 9.19. The Morgan fingerprint density at radius 3 is 2.03 bits per heavy atom. The summed E-state index contributed by atoms with van der Waals surface area (Å²) in [6.07, 6.45) is 2.00.